The van der Waals surface area contributed by atoms with E-state index >= 15 is 0 Å². The molecule has 0 atom stereocenters. The first-order valence-electron chi connectivity index (χ1n) is 7.22. The van der Waals surface area contributed by atoms with E-state index in [-0.39, 0.29) is 0 Å². The maximum absolute atomic E-state index is 4.19. The highest BCUT2D eigenvalue weighted by Crippen LogP contribution is 2.20. The molecule has 3 heteroatoms. The van der Waals surface area contributed by atoms with E-state index in [9.17, 15) is 0 Å². The lowest BCUT2D eigenvalue weighted by atomic mass is 10.1. The molecule has 0 unspecified atom stereocenters. The molecule has 19 heavy (non-hydrogen) atoms. The van der Waals surface area contributed by atoms with Gasteiger partial charge in [-0.15, -0.1) is 11.8 Å². The fourth-order valence-electron chi connectivity index (χ4n) is 1.92. The monoisotopic (exact) mass is 278 g/mol. The van der Waals surface area contributed by atoms with Gasteiger partial charge in [-0.3, -0.25) is 0 Å². The molecule has 2 nitrogen and oxygen atoms in total. The van der Waals surface area contributed by atoms with Crippen LogP contribution in [0.4, 0.5) is 0 Å². The third-order valence-electron chi connectivity index (χ3n) is 3.07. The van der Waals surface area contributed by atoms with Crippen LogP contribution in [0.5, 0.6) is 0 Å². The Morgan fingerprint density at radius 2 is 1.79 bits per heavy atom. The highest BCUT2D eigenvalue weighted by molar-refractivity contribution is 7.99. The molecule has 0 aliphatic carbocycles. The zero-order chi connectivity index (χ0) is 13.9. The van der Waals surface area contributed by atoms with Crippen molar-refractivity contribution in [2.45, 2.75) is 50.8 Å². The third-order valence-corrected chi connectivity index (χ3v) is 4.17. The van der Waals surface area contributed by atoms with E-state index in [0.29, 0.717) is 0 Å². The van der Waals surface area contributed by atoms with E-state index in [0.717, 1.165) is 5.71 Å². The molecular weight excluding hydrogens is 252 g/mol. The largest absolute Gasteiger partial charge is 0.313 e. The van der Waals surface area contributed by atoms with Crippen molar-refractivity contribution in [2.24, 2.45) is 5.10 Å². The van der Waals surface area contributed by atoms with Crippen LogP contribution in [-0.4, -0.2) is 18.5 Å². The summed E-state index contributed by atoms with van der Waals surface area (Å²) in [6.45, 7) is 4.28. The average Bonchev–Trinajstić information content (AvgIpc) is 2.43. The summed E-state index contributed by atoms with van der Waals surface area (Å²) in [4.78, 5) is 1.36. The third kappa shape index (κ3) is 6.67. The Morgan fingerprint density at radius 1 is 1.11 bits per heavy atom. The van der Waals surface area contributed by atoms with Crippen molar-refractivity contribution in [3.05, 3.63) is 29.8 Å². The quantitative estimate of drug-likeness (QED) is 0.307. The van der Waals surface area contributed by atoms with E-state index < -0.39 is 0 Å². The van der Waals surface area contributed by atoms with Crippen LogP contribution in [0.25, 0.3) is 0 Å². The van der Waals surface area contributed by atoms with Crippen molar-refractivity contribution < 1.29 is 0 Å². The van der Waals surface area contributed by atoms with Crippen LogP contribution >= 0.6 is 11.8 Å². The fraction of sp³-hybridized carbons (Fsp3) is 0.562. The van der Waals surface area contributed by atoms with Crippen molar-refractivity contribution in [2.75, 3.05) is 12.8 Å². The molecule has 0 radical (unpaired) electrons. The van der Waals surface area contributed by atoms with E-state index in [1.165, 1.54) is 48.3 Å². The number of nitrogens with one attached hydrogen (secondary N) is 1. The van der Waals surface area contributed by atoms with Crippen molar-refractivity contribution in [3.63, 3.8) is 0 Å². The average molecular weight is 278 g/mol. The number of nitrogens with zero attached hydrogens (tertiary/aromatic N) is 1. The molecule has 0 aromatic heterocycles. The van der Waals surface area contributed by atoms with Gasteiger partial charge in [0.15, 0.2) is 0 Å². The molecule has 0 saturated carbocycles. The van der Waals surface area contributed by atoms with Gasteiger partial charge in [0, 0.05) is 11.9 Å². The molecule has 106 valence electrons. The van der Waals surface area contributed by atoms with Gasteiger partial charge in [0.1, 0.15) is 0 Å². The minimum Gasteiger partial charge on any atom is -0.313 e. The highest BCUT2D eigenvalue weighted by atomic mass is 32.2. The number of unbranched alkanes of at least 4 members (excludes halogenated alkanes) is 4. The van der Waals surface area contributed by atoms with Crippen LogP contribution in [0.15, 0.2) is 34.3 Å². The summed E-state index contributed by atoms with van der Waals surface area (Å²) in [5.41, 5.74) is 5.03. The van der Waals surface area contributed by atoms with E-state index in [1.807, 2.05) is 25.7 Å². The Labute approximate surface area is 122 Å². The second-order valence-electron chi connectivity index (χ2n) is 4.71. The number of hydrazone groups is 1. The zero-order valence-electron chi connectivity index (χ0n) is 12.4. The van der Waals surface area contributed by atoms with Crippen molar-refractivity contribution >= 4 is 17.5 Å². The van der Waals surface area contributed by atoms with Crippen molar-refractivity contribution in [1.82, 2.24) is 5.43 Å². The van der Waals surface area contributed by atoms with Gasteiger partial charge < -0.3 is 5.43 Å². The first-order valence-corrected chi connectivity index (χ1v) is 8.20. The molecule has 1 aromatic rings. The summed E-state index contributed by atoms with van der Waals surface area (Å²) < 4.78 is 0. The standard InChI is InChI=1S/C16H26N2S/c1-4-5-6-7-8-13-19-16-11-9-15(10-12-16)14(2)18-17-3/h9-12,17H,4-8,13H2,1-3H3/b18-14+. The first-order chi connectivity index (χ1) is 9.27. The Balaban J connectivity index is 2.30. The van der Waals surface area contributed by atoms with E-state index in [4.69, 9.17) is 0 Å². The molecule has 0 aliphatic heterocycles. The topological polar surface area (TPSA) is 24.4 Å². The molecule has 0 fully saturated rings. The summed E-state index contributed by atoms with van der Waals surface area (Å²) in [5.74, 6) is 1.23. The summed E-state index contributed by atoms with van der Waals surface area (Å²) >= 11 is 1.96. The minimum atomic E-state index is 1.03. The van der Waals surface area contributed by atoms with Gasteiger partial charge in [0.05, 0.1) is 5.71 Å². The maximum atomic E-state index is 4.19. The Kier molecular flexibility index (Phi) is 8.39. The second-order valence-corrected chi connectivity index (χ2v) is 5.88. The summed E-state index contributed by atoms with van der Waals surface area (Å²) in [5, 5.41) is 4.19. The van der Waals surface area contributed by atoms with Crippen LogP contribution in [0.2, 0.25) is 0 Å². The van der Waals surface area contributed by atoms with Crippen molar-refractivity contribution in [3.8, 4) is 0 Å². The van der Waals surface area contributed by atoms with Crippen LogP contribution in [-0.2, 0) is 0 Å². The lowest BCUT2D eigenvalue weighted by Crippen LogP contribution is -2.02. The summed E-state index contributed by atoms with van der Waals surface area (Å²) in [6.07, 6.45) is 6.78. The fourth-order valence-corrected chi connectivity index (χ4v) is 2.83. The van der Waals surface area contributed by atoms with Gasteiger partial charge in [0.25, 0.3) is 0 Å². The van der Waals surface area contributed by atoms with Gasteiger partial charge in [-0.2, -0.15) is 5.10 Å². The van der Waals surface area contributed by atoms with E-state index in [1.54, 1.807) is 0 Å². The van der Waals surface area contributed by atoms with Crippen LogP contribution in [0.3, 0.4) is 0 Å². The van der Waals surface area contributed by atoms with Crippen molar-refractivity contribution in [1.29, 1.82) is 0 Å². The molecule has 1 rings (SSSR count). The maximum Gasteiger partial charge on any atom is 0.0644 e. The van der Waals surface area contributed by atoms with Crippen LogP contribution < -0.4 is 5.43 Å². The summed E-state index contributed by atoms with van der Waals surface area (Å²) in [7, 11) is 1.83. The number of rotatable bonds is 9. The molecule has 0 spiro atoms. The molecule has 0 bridgehead atoms. The SMILES string of the molecule is CCCCCCCSc1ccc(/C(C)=N/NC)cc1. The zero-order valence-corrected chi connectivity index (χ0v) is 13.2. The van der Waals surface area contributed by atoms with E-state index in [2.05, 4.69) is 41.7 Å². The molecule has 0 saturated heterocycles. The Bertz CT molecular complexity index is 371. The normalized spacial score (nSPS) is 11.6. The van der Waals surface area contributed by atoms with Gasteiger partial charge in [-0.1, -0.05) is 44.7 Å². The lowest BCUT2D eigenvalue weighted by molar-refractivity contribution is 0.659. The second kappa shape index (κ2) is 9.90. The molecule has 1 N–H and O–H groups in total. The smallest absolute Gasteiger partial charge is 0.0644 e. The molecule has 1 aromatic carbocycles. The van der Waals surface area contributed by atoms with Gasteiger partial charge in [0.2, 0.25) is 0 Å². The predicted octanol–water partition coefficient (Wildman–Crippen LogP) is 4.69. The van der Waals surface area contributed by atoms with Crippen LogP contribution in [0.1, 0.15) is 51.5 Å². The molecule has 0 heterocycles. The van der Waals surface area contributed by atoms with Crippen LogP contribution in [0, 0.1) is 0 Å². The van der Waals surface area contributed by atoms with Gasteiger partial charge in [-0.25, -0.2) is 0 Å². The predicted molar refractivity (Wildman–Crippen MR) is 87.2 cm³/mol. The summed E-state index contributed by atoms with van der Waals surface area (Å²) in [6, 6.07) is 8.69. The lowest BCUT2D eigenvalue weighted by Gasteiger charge is -2.04. The minimum absolute atomic E-state index is 1.03. The number of thioether (sulfide) groups is 1. The number of hydrogen-bond acceptors (Lipinski definition) is 3. The molecular formula is C16H26N2S. The number of benzene rings is 1. The highest BCUT2D eigenvalue weighted by Gasteiger charge is 1.98. The molecule has 0 aliphatic rings. The molecule has 0 amide bonds. The Hall–Kier alpha value is -0.960. The Morgan fingerprint density at radius 3 is 2.42 bits per heavy atom. The van der Waals surface area contributed by atoms with Gasteiger partial charge >= 0.3 is 0 Å². The number of hydrogen-bond donors (Lipinski definition) is 1. The van der Waals surface area contributed by atoms with Gasteiger partial charge in [-0.05, 0) is 36.8 Å². The first kappa shape index (κ1) is 16.1.